The van der Waals surface area contributed by atoms with E-state index in [0.29, 0.717) is 18.8 Å². The number of rotatable bonds is 5. The van der Waals surface area contributed by atoms with Crippen molar-refractivity contribution in [1.82, 2.24) is 14.3 Å². The molecule has 1 aliphatic heterocycles. The molecule has 2 aromatic heterocycles. The van der Waals surface area contributed by atoms with Crippen molar-refractivity contribution in [3.8, 4) is 17.0 Å². The second kappa shape index (κ2) is 7.30. The minimum absolute atomic E-state index is 0.0287. The van der Waals surface area contributed by atoms with E-state index in [1.165, 1.54) is 11.3 Å². The molecule has 142 valence electrons. The summed E-state index contributed by atoms with van der Waals surface area (Å²) in [6.07, 6.45) is 1.86. The second-order valence-corrected chi connectivity index (χ2v) is 7.56. The van der Waals surface area contributed by atoms with Crippen LogP contribution in [0, 0.1) is 11.8 Å². The lowest BCUT2D eigenvalue weighted by Crippen LogP contribution is -2.30. The number of fused-ring (bicyclic) bond motifs is 1. The number of carbonyl (C=O) groups excluding carboxylic acids is 1. The third-order valence-corrected chi connectivity index (χ3v) is 5.97. The molecule has 1 aliphatic rings. The Labute approximate surface area is 160 Å². The second-order valence-electron chi connectivity index (χ2n) is 6.73. The highest BCUT2D eigenvalue weighted by atomic mass is 32.1. The number of ether oxygens (including phenoxy) is 1. The van der Waals surface area contributed by atoms with Crippen LogP contribution in [-0.2, 0) is 0 Å². The fourth-order valence-electron chi connectivity index (χ4n) is 3.54. The summed E-state index contributed by atoms with van der Waals surface area (Å²) in [4.78, 5) is 20.1. The maximum Gasteiger partial charge on any atom is 0.271 e. The Hall–Kier alpha value is -2.42. The first-order chi connectivity index (χ1) is 13.1. The lowest BCUT2D eigenvalue weighted by atomic mass is 9.98. The number of aromatic nitrogens is 2. The first kappa shape index (κ1) is 18.0. The predicted octanol–water partition coefficient (Wildman–Crippen LogP) is 1.74. The summed E-state index contributed by atoms with van der Waals surface area (Å²) >= 11 is 1.41. The Balaban J connectivity index is 1.63. The monoisotopic (exact) mass is 387 g/mol. The van der Waals surface area contributed by atoms with Crippen LogP contribution in [0.2, 0.25) is 0 Å². The molecular formula is C19H21N3O4S. The smallest absolute Gasteiger partial charge is 0.271 e. The van der Waals surface area contributed by atoms with E-state index < -0.39 is 0 Å². The minimum Gasteiger partial charge on any atom is -0.497 e. The van der Waals surface area contributed by atoms with Crippen molar-refractivity contribution in [2.75, 3.05) is 33.4 Å². The molecular weight excluding hydrogens is 366 g/mol. The normalized spacial score (nSPS) is 19.7. The van der Waals surface area contributed by atoms with E-state index in [1.807, 2.05) is 34.9 Å². The standard InChI is InChI=1S/C19H21N3O4S/c1-26-15-4-2-3-12(5-15)16-8-22-17(11-27-19(22)20-16)18(25)21-6-13(9-23)14(7-21)10-24/h2-5,8,11,13-14,23-24H,6-7,9-10H2,1H3/t13-,14-/m0/s1. The van der Waals surface area contributed by atoms with Crippen LogP contribution in [0.1, 0.15) is 10.5 Å². The molecule has 1 amide bonds. The highest BCUT2D eigenvalue weighted by Crippen LogP contribution is 2.29. The number of carbonyl (C=O) groups is 1. The van der Waals surface area contributed by atoms with Gasteiger partial charge in [-0.2, -0.15) is 0 Å². The van der Waals surface area contributed by atoms with Crippen molar-refractivity contribution in [3.05, 3.63) is 41.5 Å². The van der Waals surface area contributed by atoms with E-state index >= 15 is 0 Å². The van der Waals surface area contributed by atoms with Gasteiger partial charge in [0.05, 0.1) is 12.8 Å². The summed E-state index contributed by atoms with van der Waals surface area (Å²) in [5.41, 5.74) is 2.25. The Kier molecular flexibility index (Phi) is 4.86. The van der Waals surface area contributed by atoms with Crippen LogP contribution >= 0.6 is 11.3 Å². The highest BCUT2D eigenvalue weighted by Gasteiger charge is 2.35. The molecule has 0 unspecified atom stereocenters. The Morgan fingerprint density at radius 2 is 2.04 bits per heavy atom. The average molecular weight is 387 g/mol. The molecule has 3 heterocycles. The molecule has 0 aliphatic carbocycles. The van der Waals surface area contributed by atoms with Crippen LogP contribution in [0.5, 0.6) is 5.75 Å². The molecule has 1 fully saturated rings. The van der Waals surface area contributed by atoms with Crippen molar-refractivity contribution in [2.45, 2.75) is 0 Å². The minimum atomic E-state index is -0.106. The van der Waals surface area contributed by atoms with Gasteiger partial charge in [-0.3, -0.25) is 9.20 Å². The van der Waals surface area contributed by atoms with Gasteiger partial charge in [-0.1, -0.05) is 12.1 Å². The van der Waals surface area contributed by atoms with Gasteiger partial charge in [-0.05, 0) is 12.1 Å². The van der Waals surface area contributed by atoms with Crippen molar-refractivity contribution in [2.24, 2.45) is 11.8 Å². The van der Waals surface area contributed by atoms with Gasteiger partial charge in [0.1, 0.15) is 11.4 Å². The van der Waals surface area contributed by atoms with Crippen molar-refractivity contribution in [1.29, 1.82) is 0 Å². The summed E-state index contributed by atoms with van der Waals surface area (Å²) in [5, 5.41) is 20.7. The summed E-state index contributed by atoms with van der Waals surface area (Å²) in [5.74, 6) is 0.485. The Bertz CT molecular complexity index is 955. The number of imidazole rings is 1. The number of hydrogen-bond donors (Lipinski definition) is 2. The number of hydrogen-bond acceptors (Lipinski definition) is 6. The molecule has 0 radical (unpaired) electrons. The molecule has 2 N–H and O–H groups in total. The van der Waals surface area contributed by atoms with Gasteiger partial charge in [-0.25, -0.2) is 4.98 Å². The van der Waals surface area contributed by atoms with Crippen molar-refractivity contribution in [3.63, 3.8) is 0 Å². The molecule has 4 rings (SSSR count). The number of methoxy groups -OCH3 is 1. The fraction of sp³-hybridized carbons (Fsp3) is 0.368. The van der Waals surface area contributed by atoms with Crippen molar-refractivity contribution < 1.29 is 19.7 Å². The number of thiazole rings is 1. The van der Waals surface area contributed by atoms with E-state index in [2.05, 4.69) is 4.98 Å². The molecule has 2 atom stereocenters. The largest absolute Gasteiger partial charge is 0.497 e. The van der Waals surface area contributed by atoms with Crippen LogP contribution < -0.4 is 4.74 Å². The van der Waals surface area contributed by atoms with Gasteiger partial charge in [0, 0.05) is 55.3 Å². The highest BCUT2D eigenvalue weighted by molar-refractivity contribution is 7.15. The summed E-state index contributed by atoms with van der Waals surface area (Å²) < 4.78 is 7.08. The molecule has 8 heteroatoms. The Morgan fingerprint density at radius 3 is 2.70 bits per heavy atom. The van der Waals surface area contributed by atoms with E-state index in [1.54, 1.807) is 17.4 Å². The molecule has 0 bridgehead atoms. The fourth-order valence-corrected chi connectivity index (χ4v) is 4.39. The summed E-state index contributed by atoms with van der Waals surface area (Å²) in [7, 11) is 1.62. The Morgan fingerprint density at radius 1 is 1.30 bits per heavy atom. The topological polar surface area (TPSA) is 87.3 Å². The maximum absolute atomic E-state index is 13.0. The van der Waals surface area contributed by atoms with Crippen LogP contribution in [0.15, 0.2) is 35.8 Å². The molecule has 0 spiro atoms. The van der Waals surface area contributed by atoms with E-state index in [-0.39, 0.29) is 31.0 Å². The number of likely N-dealkylation sites (tertiary alicyclic amines) is 1. The number of aliphatic hydroxyl groups is 2. The van der Waals surface area contributed by atoms with E-state index in [4.69, 9.17) is 4.74 Å². The van der Waals surface area contributed by atoms with E-state index in [9.17, 15) is 15.0 Å². The van der Waals surface area contributed by atoms with Crippen LogP contribution in [0.4, 0.5) is 0 Å². The molecule has 0 saturated carbocycles. The zero-order valence-corrected chi connectivity index (χ0v) is 15.7. The quantitative estimate of drug-likeness (QED) is 0.696. The van der Waals surface area contributed by atoms with Gasteiger partial charge >= 0.3 is 0 Å². The molecule has 7 nitrogen and oxygen atoms in total. The number of aliphatic hydroxyl groups excluding tert-OH is 2. The first-order valence-electron chi connectivity index (χ1n) is 8.76. The first-order valence-corrected chi connectivity index (χ1v) is 9.64. The van der Waals surface area contributed by atoms with Gasteiger partial charge in [0.25, 0.3) is 5.91 Å². The van der Waals surface area contributed by atoms with Gasteiger partial charge in [0.15, 0.2) is 4.96 Å². The molecule has 3 aromatic rings. The van der Waals surface area contributed by atoms with Gasteiger partial charge in [-0.15, -0.1) is 11.3 Å². The maximum atomic E-state index is 13.0. The van der Waals surface area contributed by atoms with E-state index in [0.717, 1.165) is 22.0 Å². The molecule has 1 saturated heterocycles. The SMILES string of the molecule is COc1cccc(-c2cn3c(C(=O)N4C[C@@H](CO)[C@H](CO)C4)csc3n2)c1. The zero-order chi connectivity index (χ0) is 19.0. The third-order valence-electron chi connectivity index (χ3n) is 5.13. The lowest BCUT2D eigenvalue weighted by Gasteiger charge is -2.15. The lowest BCUT2D eigenvalue weighted by molar-refractivity contribution is 0.0772. The molecule has 1 aromatic carbocycles. The third kappa shape index (κ3) is 3.20. The van der Waals surface area contributed by atoms with Crippen LogP contribution in [0.3, 0.4) is 0 Å². The van der Waals surface area contributed by atoms with Gasteiger partial charge in [0.2, 0.25) is 0 Å². The average Bonchev–Trinajstić information content (AvgIpc) is 3.40. The van der Waals surface area contributed by atoms with Crippen molar-refractivity contribution >= 4 is 22.2 Å². The van der Waals surface area contributed by atoms with Gasteiger partial charge < -0.3 is 19.8 Å². The summed E-state index contributed by atoms with van der Waals surface area (Å²) in [6.45, 7) is 0.850. The summed E-state index contributed by atoms with van der Waals surface area (Å²) in [6, 6.07) is 7.64. The van der Waals surface area contributed by atoms with Crippen LogP contribution in [-0.4, -0.2) is 63.8 Å². The zero-order valence-electron chi connectivity index (χ0n) is 14.9. The molecule has 27 heavy (non-hydrogen) atoms. The van der Waals surface area contributed by atoms with Crippen LogP contribution in [0.25, 0.3) is 16.2 Å². The number of amides is 1. The number of benzene rings is 1. The number of nitrogens with zero attached hydrogens (tertiary/aromatic N) is 3. The predicted molar refractivity (Wildman–Crippen MR) is 102 cm³/mol.